The summed E-state index contributed by atoms with van der Waals surface area (Å²) in [5.41, 5.74) is 3.36. The number of fused-ring (bicyclic) bond motifs is 1. The number of hydrogen-bond donors (Lipinski definition) is 0. The highest BCUT2D eigenvalue weighted by molar-refractivity contribution is 6.35. The van der Waals surface area contributed by atoms with E-state index in [0.717, 1.165) is 11.1 Å². The van der Waals surface area contributed by atoms with Crippen LogP contribution in [0.15, 0.2) is 57.7 Å². The van der Waals surface area contributed by atoms with E-state index in [-0.39, 0.29) is 23.5 Å². The molecule has 7 heteroatoms. The Labute approximate surface area is 201 Å². The molecule has 170 valence electrons. The highest BCUT2D eigenvalue weighted by atomic mass is 35.5. The van der Waals surface area contributed by atoms with Crippen molar-refractivity contribution >= 4 is 34.2 Å². The Bertz CT molecular complexity index is 1390. The van der Waals surface area contributed by atoms with E-state index in [1.807, 2.05) is 26.0 Å². The summed E-state index contributed by atoms with van der Waals surface area (Å²) in [5, 5.41) is 1.33. The van der Waals surface area contributed by atoms with Crippen LogP contribution in [0.2, 0.25) is 10.0 Å². The monoisotopic (exact) mass is 484 g/mol. The van der Waals surface area contributed by atoms with Crippen molar-refractivity contribution in [1.82, 2.24) is 0 Å². The molecule has 0 atom stereocenters. The van der Waals surface area contributed by atoms with Crippen molar-refractivity contribution in [3.8, 4) is 28.6 Å². The molecule has 0 N–H and O–H groups in total. The standard InChI is InChI=1S/C26H22Cl2O5/c1-14-10-17-22(11-15(14)2)33-25(16-8-9-21(30-3)23(12-16)31-4)26(24(17)29)32-13-18-19(27)6-5-7-20(18)28/h5-12H,13H2,1-4H3. The van der Waals surface area contributed by atoms with Crippen LogP contribution in [0.3, 0.4) is 0 Å². The van der Waals surface area contributed by atoms with Crippen molar-refractivity contribution in [3.63, 3.8) is 0 Å². The van der Waals surface area contributed by atoms with Crippen molar-refractivity contribution in [2.75, 3.05) is 14.2 Å². The molecule has 5 nitrogen and oxygen atoms in total. The second-order valence-electron chi connectivity index (χ2n) is 7.58. The van der Waals surface area contributed by atoms with Gasteiger partial charge < -0.3 is 18.6 Å². The van der Waals surface area contributed by atoms with Gasteiger partial charge in [0.2, 0.25) is 11.2 Å². The molecule has 0 fully saturated rings. The first-order valence-electron chi connectivity index (χ1n) is 10.2. The molecule has 4 rings (SSSR count). The number of ether oxygens (including phenoxy) is 3. The van der Waals surface area contributed by atoms with E-state index in [1.165, 1.54) is 0 Å². The average molecular weight is 485 g/mol. The van der Waals surface area contributed by atoms with Crippen LogP contribution >= 0.6 is 23.2 Å². The summed E-state index contributed by atoms with van der Waals surface area (Å²) in [6.45, 7) is 3.91. The number of aryl methyl sites for hydroxylation is 2. The quantitative estimate of drug-likeness (QED) is 0.295. The number of hydrogen-bond acceptors (Lipinski definition) is 5. The van der Waals surface area contributed by atoms with E-state index >= 15 is 0 Å². The van der Waals surface area contributed by atoms with Gasteiger partial charge >= 0.3 is 0 Å². The zero-order valence-corrected chi connectivity index (χ0v) is 20.1. The van der Waals surface area contributed by atoms with Gasteiger partial charge in [0.15, 0.2) is 17.3 Å². The summed E-state index contributed by atoms with van der Waals surface area (Å²) in [5.74, 6) is 1.40. The molecule has 1 aromatic heterocycles. The molecule has 0 aliphatic heterocycles. The summed E-state index contributed by atoms with van der Waals surface area (Å²) in [4.78, 5) is 13.5. The van der Waals surface area contributed by atoms with Crippen LogP contribution in [0.4, 0.5) is 0 Å². The predicted molar refractivity (Wildman–Crippen MR) is 131 cm³/mol. The van der Waals surface area contributed by atoms with Gasteiger partial charge in [-0.25, -0.2) is 0 Å². The van der Waals surface area contributed by atoms with Crippen LogP contribution in [0.25, 0.3) is 22.3 Å². The number of methoxy groups -OCH3 is 2. The predicted octanol–water partition coefficient (Wildman–Crippen LogP) is 6.98. The molecule has 0 saturated heterocycles. The lowest BCUT2D eigenvalue weighted by molar-refractivity contribution is 0.298. The molecule has 0 amide bonds. The minimum atomic E-state index is -0.285. The summed E-state index contributed by atoms with van der Waals surface area (Å²) in [6.07, 6.45) is 0. The van der Waals surface area contributed by atoms with Crippen LogP contribution in [-0.4, -0.2) is 14.2 Å². The fraction of sp³-hybridized carbons (Fsp3) is 0.192. The lowest BCUT2D eigenvalue weighted by atomic mass is 10.0. The molecule has 0 bridgehead atoms. The lowest BCUT2D eigenvalue weighted by Crippen LogP contribution is -2.11. The summed E-state index contributed by atoms with van der Waals surface area (Å²) < 4.78 is 23.0. The molecule has 0 radical (unpaired) electrons. The zero-order valence-electron chi connectivity index (χ0n) is 18.6. The Morgan fingerprint density at radius 3 is 2.21 bits per heavy atom. The van der Waals surface area contributed by atoms with E-state index in [2.05, 4.69) is 0 Å². The van der Waals surface area contributed by atoms with E-state index in [4.69, 9.17) is 41.8 Å². The van der Waals surface area contributed by atoms with Gasteiger partial charge in [0.25, 0.3) is 0 Å². The van der Waals surface area contributed by atoms with Crippen LogP contribution in [0.5, 0.6) is 17.2 Å². The first kappa shape index (κ1) is 23.0. The molecule has 0 aliphatic carbocycles. The smallest absolute Gasteiger partial charge is 0.235 e. The van der Waals surface area contributed by atoms with Crippen molar-refractivity contribution < 1.29 is 18.6 Å². The maximum absolute atomic E-state index is 13.5. The largest absolute Gasteiger partial charge is 0.493 e. The summed E-state index contributed by atoms with van der Waals surface area (Å²) in [6, 6.07) is 14.1. The SMILES string of the molecule is COc1ccc(-c2oc3cc(C)c(C)cc3c(=O)c2OCc2c(Cl)cccc2Cl)cc1OC. The van der Waals surface area contributed by atoms with Gasteiger partial charge in [-0.2, -0.15) is 0 Å². The van der Waals surface area contributed by atoms with E-state index in [0.29, 0.717) is 43.6 Å². The number of halogens is 2. The Morgan fingerprint density at radius 2 is 1.55 bits per heavy atom. The molecule has 0 spiro atoms. The minimum Gasteiger partial charge on any atom is -0.493 e. The fourth-order valence-electron chi connectivity index (χ4n) is 3.55. The third-order valence-electron chi connectivity index (χ3n) is 5.53. The second-order valence-corrected chi connectivity index (χ2v) is 8.40. The van der Waals surface area contributed by atoms with Gasteiger partial charge in [-0.05, 0) is 67.4 Å². The molecule has 0 saturated carbocycles. The molecule has 4 aromatic rings. The van der Waals surface area contributed by atoms with Gasteiger partial charge in [0.1, 0.15) is 12.2 Å². The van der Waals surface area contributed by atoms with Crippen LogP contribution in [0.1, 0.15) is 16.7 Å². The summed E-state index contributed by atoms with van der Waals surface area (Å²) >= 11 is 12.6. The van der Waals surface area contributed by atoms with Crippen molar-refractivity contribution in [1.29, 1.82) is 0 Å². The number of rotatable bonds is 6. The molecule has 0 unspecified atom stereocenters. The van der Waals surface area contributed by atoms with Crippen molar-refractivity contribution in [3.05, 3.63) is 85.5 Å². The average Bonchev–Trinajstić information content (AvgIpc) is 2.80. The van der Waals surface area contributed by atoms with E-state index in [9.17, 15) is 4.79 Å². The molecular weight excluding hydrogens is 463 g/mol. The summed E-state index contributed by atoms with van der Waals surface area (Å²) in [7, 11) is 3.10. The first-order chi connectivity index (χ1) is 15.8. The molecule has 3 aromatic carbocycles. The zero-order chi connectivity index (χ0) is 23.7. The highest BCUT2D eigenvalue weighted by Crippen LogP contribution is 2.37. The normalized spacial score (nSPS) is 11.0. The van der Waals surface area contributed by atoms with Crippen LogP contribution in [-0.2, 0) is 6.61 Å². The van der Waals surface area contributed by atoms with Crippen LogP contribution < -0.4 is 19.6 Å². The van der Waals surface area contributed by atoms with Gasteiger partial charge in [-0.1, -0.05) is 29.3 Å². The molecule has 0 aliphatic rings. The van der Waals surface area contributed by atoms with Gasteiger partial charge in [0, 0.05) is 21.2 Å². The Kier molecular flexibility index (Phi) is 6.54. The first-order valence-corrected chi connectivity index (χ1v) is 11.0. The number of benzene rings is 3. The highest BCUT2D eigenvalue weighted by Gasteiger charge is 2.21. The fourth-order valence-corrected chi connectivity index (χ4v) is 4.05. The second kappa shape index (κ2) is 9.38. The van der Waals surface area contributed by atoms with Gasteiger partial charge in [-0.15, -0.1) is 0 Å². The topological polar surface area (TPSA) is 57.9 Å². The van der Waals surface area contributed by atoms with E-state index < -0.39 is 0 Å². The molecule has 1 heterocycles. The van der Waals surface area contributed by atoms with Gasteiger partial charge in [0.05, 0.1) is 19.6 Å². The van der Waals surface area contributed by atoms with Crippen molar-refractivity contribution in [2.45, 2.75) is 20.5 Å². The molecule has 33 heavy (non-hydrogen) atoms. The third kappa shape index (κ3) is 4.39. The minimum absolute atomic E-state index is 0.0000928. The lowest BCUT2D eigenvalue weighted by Gasteiger charge is -2.15. The maximum Gasteiger partial charge on any atom is 0.235 e. The Morgan fingerprint density at radius 1 is 0.879 bits per heavy atom. The Hall–Kier alpha value is -3.15. The molecular formula is C26H22Cl2O5. The van der Waals surface area contributed by atoms with Gasteiger partial charge in [-0.3, -0.25) is 4.79 Å². The Balaban J connectivity index is 1.92. The van der Waals surface area contributed by atoms with Crippen LogP contribution in [0, 0.1) is 13.8 Å². The van der Waals surface area contributed by atoms with E-state index in [1.54, 1.807) is 50.6 Å². The third-order valence-corrected chi connectivity index (χ3v) is 6.24. The maximum atomic E-state index is 13.5. The van der Waals surface area contributed by atoms with Crippen molar-refractivity contribution in [2.24, 2.45) is 0 Å².